The number of fused-ring (bicyclic) bond motifs is 1. The largest absolute Gasteiger partial charge is 0.489 e. The van der Waals surface area contributed by atoms with Crippen LogP contribution in [0.5, 0.6) is 5.75 Å². The summed E-state index contributed by atoms with van der Waals surface area (Å²) < 4.78 is 15.9. The molecule has 0 saturated carbocycles. The second-order valence-corrected chi connectivity index (χ2v) is 5.66. The summed E-state index contributed by atoms with van der Waals surface area (Å²) in [5, 5.41) is 3.25. The predicted octanol–water partition coefficient (Wildman–Crippen LogP) is 2.75. The van der Waals surface area contributed by atoms with E-state index in [4.69, 9.17) is 13.9 Å². The van der Waals surface area contributed by atoms with E-state index in [9.17, 15) is 9.59 Å². The Morgan fingerprint density at radius 2 is 1.92 bits per heavy atom. The lowest BCUT2D eigenvalue weighted by Crippen LogP contribution is -2.27. The summed E-state index contributed by atoms with van der Waals surface area (Å²) in [4.78, 5) is 24.1. The van der Waals surface area contributed by atoms with E-state index in [1.807, 2.05) is 30.3 Å². The molecule has 0 aliphatic heterocycles. The molecule has 0 fully saturated rings. The number of carbonyl (C=O) groups is 1. The van der Waals surface area contributed by atoms with E-state index in [1.165, 1.54) is 6.07 Å². The third-order valence-electron chi connectivity index (χ3n) is 3.80. The quantitative estimate of drug-likeness (QED) is 0.522. The molecule has 0 saturated heterocycles. The monoisotopic (exact) mass is 353 g/mol. The molecule has 1 heterocycles. The number of methoxy groups -OCH3 is 1. The second kappa shape index (κ2) is 8.31. The molecule has 0 aliphatic carbocycles. The van der Waals surface area contributed by atoms with Gasteiger partial charge in [0.2, 0.25) is 0 Å². The lowest BCUT2D eigenvalue weighted by Gasteiger charge is -2.09. The normalized spacial score (nSPS) is 10.7. The maximum atomic E-state index is 12.3. The van der Waals surface area contributed by atoms with Crippen molar-refractivity contribution < 1.29 is 18.7 Å². The zero-order valence-corrected chi connectivity index (χ0v) is 14.4. The molecule has 0 unspecified atom stereocenters. The molecule has 26 heavy (non-hydrogen) atoms. The highest BCUT2D eigenvalue weighted by Crippen LogP contribution is 2.23. The Labute approximate surface area is 150 Å². The van der Waals surface area contributed by atoms with Crippen LogP contribution in [0.15, 0.2) is 63.8 Å². The minimum absolute atomic E-state index is 0.266. The Morgan fingerprint density at radius 3 is 2.69 bits per heavy atom. The molecular formula is C20H19NO5. The van der Waals surface area contributed by atoms with Crippen molar-refractivity contribution in [1.29, 1.82) is 0 Å². The average molecular weight is 353 g/mol. The van der Waals surface area contributed by atoms with Crippen molar-refractivity contribution in [2.45, 2.75) is 6.61 Å². The van der Waals surface area contributed by atoms with Crippen LogP contribution in [-0.2, 0) is 11.3 Å². The van der Waals surface area contributed by atoms with Crippen molar-refractivity contribution in [3.05, 3.63) is 76.1 Å². The topological polar surface area (TPSA) is 77.8 Å². The molecule has 0 aliphatic rings. The highest BCUT2D eigenvalue weighted by Gasteiger charge is 2.13. The van der Waals surface area contributed by atoms with Crippen molar-refractivity contribution in [1.82, 2.24) is 5.32 Å². The maximum Gasteiger partial charge on any atom is 0.337 e. The van der Waals surface area contributed by atoms with Crippen LogP contribution < -0.4 is 15.7 Å². The van der Waals surface area contributed by atoms with Crippen LogP contribution in [-0.4, -0.2) is 26.2 Å². The van der Waals surface area contributed by atoms with E-state index in [1.54, 1.807) is 25.3 Å². The lowest BCUT2D eigenvalue weighted by atomic mass is 10.1. The van der Waals surface area contributed by atoms with Gasteiger partial charge in [0.25, 0.3) is 5.91 Å². The summed E-state index contributed by atoms with van der Waals surface area (Å²) in [6.07, 6.45) is 0. The van der Waals surface area contributed by atoms with Crippen molar-refractivity contribution in [2.24, 2.45) is 0 Å². The van der Waals surface area contributed by atoms with E-state index in [-0.39, 0.29) is 11.5 Å². The summed E-state index contributed by atoms with van der Waals surface area (Å²) in [7, 11) is 1.55. The molecule has 0 atom stereocenters. The highest BCUT2D eigenvalue weighted by atomic mass is 16.5. The number of amides is 1. The molecule has 1 aromatic heterocycles. The molecule has 0 bridgehead atoms. The number of nitrogens with one attached hydrogen (secondary N) is 1. The van der Waals surface area contributed by atoms with Gasteiger partial charge in [-0.25, -0.2) is 4.79 Å². The number of carbonyl (C=O) groups excluding carboxylic acids is 1. The molecule has 6 nitrogen and oxygen atoms in total. The van der Waals surface area contributed by atoms with Crippen molar-refractivity contribution in [3.8, 4) is 5.75 Å². The van der Waals surface area contributed by atoms with Crippen LogP contribution in [0.2, 0.25) is 0 Å². The molecule has 3 rings (SSSR count). The smallest absolute Gasteiger partial charge is 0.337 e. The standard InChI is InChI=1S/C20H19NO5/c1-24-10-9-21-20(23)17-12-19(22)26-18-11-15(7-8-16(17)18)25-13-14-5-3-2-4-6-14/h2-8,11-12H,9-10,13H2,1H3,(H,21,23). The van der Waals surface area contributed by atoms with Crippen molar-refractivity contribution in [3.63, 3.8) is 0 Å². The molecule has 3 aromatic rings. The molecule has 6 heteroatoms. The summed E-state index contributed by atoms with van der Waals surface area (Å²) in [5.74, 6) is 0.208. The third-order valence-corrected chi connectivity index (χ3v) is 3.80. The SMILES string of the molecule is COCCNC(=O)c1cc(=O)oc2cc(OCc3ccccc3)ccc12. The lowest BCUT2D eigenvalue weighted by molar-refractivity contribution is 0.0938. The zero-order chi connectivity index (χ0) is 18.4. The second-order valence-electron chi connectivity index (χ2n) is 5.66. The number of benzene rings is 2. The first-order valence-electron chi connectivity index (χ1n) is 8.19. The predicted molar refractivity (Wildman–Crippen MR) is 97.5 cm³/mol. The van der Waals surface area contributed by atoms with Crippen molar-refractivity contribution >= 4 is 16.9 Å². The van der Waals surface area contributed by atoms with E-state index in [0.29, 0.717) is 36.5 Å². The number of hydrogen-bond acceptors (Lipinski definition) is 5. The van der Waals surface area contributed by atoms with Crippen LogP contribution in [0, 0.1) is 0 Å². The van der Waals surface area contributed by atoms with Gasteiger partial charge in [0.05, 0.1) is 12.2 Å². The summed E-state index contributed by atoms with van der Waals surface area (Å²) in [6, 6.07) is 16.0. The van der Waals surface area contributed by atoms with Crippen LogP contribution in [0.3, 0.4) is 0 Å². The molecule has 1 N–H and O–H groups in total. The van der Waals surface area contributed by atoms with Gasteiger partial charge in [-0.2, -0.15) is 0 Å². The third kappa shape index (κ3) is 4.29. The number of rotatable bonds is 7. The summed E-state index contributed by atoms with van der Waals surface area (Å²) in [6.45, 7) is 1.14. The number of ether oxygens (including phenoxy) is 2. The molecule has 0 spiro atoms. The van der Waals surface area contributed by atoms with Crippen LogP contribution >= 0.6 is 0 Å². The fourth-order valence-electron chi connectivity index (χ4n) is 2.52. The minimum Gasteiger partial charge on any atom is -0.489 e. The summed E-state index contributed by atoms with van der Waals surface area (Å²) >= 11 is 0. The van der Waals surface area contributed by atoms with E-state index < -0.39 is 5.63 Å². The zero-order valence-electron chi connectivity index (χ0n) is 14.4. The Morgan fingerprint density at radius 1 is 1.12 bits per heavy atom. The summed E-state index contributed by atoms with van der Waals surface area (Å²) in [5.41, 5.74) is 1.01. The Balaban J connectivity index is 1.83. The van der Waals surface area contributed by atoms with Gasteiger partial charge in [-0.3, -0.25) is 4.79 Å². The highest BCUT2D eigenvalue weighted by molar-refractivity contribution is 6.05. The first-order chi connectivity index (χ1) is 12.7. The van der Waals surface area contributed by atoms with Gasteiger partial charge in [0.1, 0.15) is 17.9 Å². The van der Waals surface area contributed by atoms with Gasteiger partial charge < -0.3 is 19.2 Å². The van der Waals surface area contributed by atoms with Crippen molar-refractivity contribution in [2.75, 3.05) is 20.3 Å². The van der Waals surface area contributed by atoms with Gasteiger partial charge in [-0.05, 0) is 17.7 Å². The molecular weight excluding hydrogens is 334 g/mol. The van der Waals surface area contributed by atoms with Gasteiger partial charge in [-0.1, -0.05) is 30.3 Å². The maximum absolute atomic E-state index is 12.3. The van der Waals surface area contributed by atoms with Crippen LogP contribution in [0.1, 0.15) is 15.9 Å². The van der Waals surface area contributed by atoms with Crippen LogP contribution in [0.25, 0.3) is 11.0 Å². The van der Waals surface area contributed by atoms with Gasteiger partial charge in [0, 0.05) is 31.2 Å². The Kier molecular flexibility index (Phi) is 5.66. The first kappa shape index (κ1) is 17.7. The van der Waals surface area contributed by atoms with Crippen LogP contribution in [0.4, 0.5) is 0 Å². The minimum atomic E-state index is -0.588. The first-order valence-corrected chi connectivity index (χ1v) is 8.19. The fraction of sp³-hybridized carbons (Fsp3) is 0.200. The van der Waals surface area contributed by atoms with Gasteiger partial charge >= 0.3 is 5.63 Å². The van der Waals surface area contributed by atoms with Gasteiger partial charge in [0.15, 0.2) is 0 Å². The van der Waals surface area contributed by atoms with E-state index >= 15 is 0 Å². The average Bonchev–Trinajstić information content (AvgIpc) is 2.66. The van der Waals surface area contributed by atoms with E-state index in [0.717, 1.165) is 5.56 Å². The van der Waals surface area contributed by atoms with Gasteiger partial charge in [-0.15, -0.1) is 0 Å². The Bertz CT molecular complexity index is 949. The van der Waals surface area contributed by atoms with E-state index in [2.05, 4.69) is 5.32 Å². The molecule has 134 valence electrons. The molecule has 1 amide bonds. The Hall–Kier alpha value is -3.12. The number of hydrogen-bond donors (Lipinski definition) is 1. The fourth-order valence-corrected chi connectivity index (χ4v) is 2.52. The molecule has 0 radical (unpaired) electrons. The molecule has 2 aromatic carbocycles.